The lowest BCUT2D eigenvalue weighted by molar-refractivity contribution is -0.131. The summed E-state index contributed by atoms with van der Waals surface area (Å²) in [6.45, 7) is 1.34. The van der Waals surface area contributed by atoms with E-state index in [9.17, 15) is 17.6 Å². The van der Waals surface area contributed by atoms with Crippen molar-refractivity contribution in [3.8, 4) is 17.0 Å². The standard InChI is InChI=1S/C24H26F4N8O2/c1-23(25,26)12-36-18-9-14(3-4-17(18)31-33-36)16-5-8-35-20(16)21(37-2)30-22(32-35)29-19-6-7-34(13-24(19,27)28)15-10-38-11-15/h3-5,8-9,15,19H,6-7,10-13H2,1-2H3,(H,29,32). The van der Waals surface area contributed by atoms with E-state index in [2.05, 4.69) is 25.7 Å². The summed E-state index contributed by atoms with van der Waals surface area (Å²) >= 11 is 0. The Morgan fingerprint density at radius 3 is 2.74 bits per heavy atom. The van der Waals surface area contributed by atoms with Crippen LogP contribution in [0.25, 0.3) is 27.7 Å². The fourth-order valence-electron chi connectivity index (χ4n) is 4.99. The van der Waals surface area contributed by atoms with E-state index in [1.54, 1.807) is 35.4 Å². The van der Waals surface area contributed by atoms with Gasteiger partial charge in [-0.15, -0.1) is 10.2 Å². The Bertz CT molecular complexity index is 1480. The average Bonchev–Trinajstić information content (AvgIpc) is 3.42. The number of anilines is 1. The van der Waals surface area contributed by atoms with Gasteiger partial charge in [0.05, 0.1) is 44.5 Å². The first kappa shape index (κ1) is 24.8. The molecule has 0 spiro atoms. The van der Waals surface area contributed by atoms with Crippen LogP contribution in [0.15, 0.2) is 30.5 Å². The lowest BCUT2D eigenvalue weighted by Crippen LogP contribution is -2.61. The average molecular weight is 535 g/mol. The van der Waals surface area contributed by atoms with Crippen LogP contribution in [0, 0.1) is 0 Å². The summed E-state index contributed by atoms with van der Waals surface area (Å²) < 4.78 is 70.6. The maximum Gasteiger partial charge on any atom is 0.280 e. The second kappa shape index (κ2) is 9.05. The first-order valence-electron chi connectivity index (χ1n) is 12.2. The van der Waals surface area contributed by atoms with Crippen LogP contribution in [0.3, 0.4) is 0 Å². The summed E-state index contributed by atoms with van der Waals surface area (Å²) in [4.78, 5) is 6.14. The molecule has 14 heteroatoms. The third-order valence-corrected chi connectivity index (χ3v) is 6.99. The molecule has 2 saturated heterocycles. The smallest absolute Gasteiger partial charge is 0.280 e. The van der Waals surface area contributed by atoms with Crippen LogP contribution in [-0.4, -0.2) is 91.8 Å². The van der Waals surface area contributed by atoms with Gasteiger partial charge in [0.25, 0.3) is 11.8 Å². The summed E-state index contributed by atoms with van der Waals surface area (Å²) in [6, 6.07) is 5.87. The summed E-state index contributed by atoms with van der Waals surface area (Å²) in [5, 5.41) is 15.0. The molecule has 38 heavy (non-hydrogen) atoms. The Kier molecular flexibility index (Phi) is 5.90. The topological polar surface area (TPSA) is 94.6 Å². The van der Waals surface area contributed by atoms with E-state index in [1.807, 2.05) is 0 Å². The van der Waals surface area contributed by atoms with Gasteiger partial charge in [0.15, 0.2) is 0 Å². The second-order valence-electron chi connectivity index (χ2n) is 9.90. The summed E-state index contributed by atoms with van der Waals surface area (Å²) in [5.41, 5.74) is 2.79. The van der Waals surface area contributed by atoms with Crippen molar-refractivity contribution in [2.24, 2.45) is 0 Å². The molecule has 0 saturated carbocycles. The third kappa shape index (κ3) is 4.51. The van der Waals surface area contributed by atoms with Gasteiger partial charge in [0.1, 0.15) is 17.6 Å². The number of likely N-dealkylation sites (tertiary alicyclic amines) is 1. The first-order chi connectivity index (χ1) is 18.1. The number of hydrogen-bond donors (Lipinski definition) is 1. The third-order valence-electron chi connectivity index (χ3n) is 6.99. The fourth-order valence-corrected chi connectivity index (χ4v) is 4.99. The Balaban J connectivity index is 1.30. The molecule has 0 radical (unpaired) electrons. The fraction of sp³-hybridized carbons (Fsp3) is 0.500. The normalized spacial score (nSPS) is 20.6. The lowest BCUT2D eigenvalue weighted by Gasteiger charge is -2.44. The molecular weight excluding hydrogens is 508 g/mol. The van der Waals surface area contributed by atoms with Gasteiger partial charge in [-0.2, -0.15) is 4.98 Å². The number of aromatic nitrogens is 6. The van der Waals surface area contributed by atoms with Crippen LogP contribution in [0.5, 0.6) is 5.88 Å². The van der Waals surface area contributed by atoms with Crippen molar-refractivity contribution in [1.29, 1.82) is 0 Å². The number of alkyl halides is 4. The maximum atomic E-state index is 15.0. The molecule has 1 atom stereocenters. The van der Waals surface area contributed by atoms with Crippen molar-refractivity contribution in [2.75, 3.05) is 38.7 Å². The van der Waals surface area contributed by atoms with Crippen LogP contribution in [0.2, 0.25) is 0 Å². The molecule has 2 aliphatic heterocycles. The molecule has 1 N–H and O–H groups in total. The molecule has 0 aliphatic carbocycles. The number of piperidine rings is 1. The predicted molar refractivity (Wildman–Crippen MR) is 130 cm³/mol. The number of ether oxygens (including phenoxy) is 2. The molecular formula is C24H26F4N8O2. The molecule has 2 fully saturated rings. The summed E-state index contributed by atoms with van der Waals surface area (Å²) in [6.07, 6.45) is 1.89. The van der Waals surface area contributed by atoms with Crippen molar-refractivity contribution in [3.05, 3.63) is 30.5 Å². The van der Waals surface area contributed by atoms with E-state index in [0.717, 1.165) is 11.6 Å². The van der Waals surface area contributed by atoms with Crippen molar-refractivity contribution < 1.29 is 27.0 Å². The Hall–Kier alpha value is -3.52. The minimum Gasteiger partial charge on any atom is -0.479 e. The van der Waals surface area contributed by atoms with Crippen LogP contribution in [-0.2, 0) is 11.3 Å². The van der Waals surface area contributed by atoms with E-state index in [1.165, 1.54) is 11.6 Å². The summed E-state index contributed by atoms with van der Waals surface area (Å²) in [5.74, 6) is -5.74. The molecule has 1 unspecified atom stereocenters. The molecule has 5 heterocycles. The molecule has 1 aromatic carbocycles. The zero-order chi connectivity index (χ0) is 26.7. The second-order valence-corrected chi connectivity index (χ2v) is 9.90. The van der Waals surface area contributed by atoms with E-state index < -0.39 is 24.4 Å². The molecule has 0 amide bonds. The minimum atomic E-state index is -2.98. The zero-order valence-electron chi connectivity index (χ0n) is 20.7. The molecule has 202 valence electrons. The molecule has 3 aromatic heterocycles. The minimum absolute atomic E-state index is 0.0181. The van der Waals surface area contributed by atoms with E-state index >= 15 is 0 Å². The zero-order valence-corrected chi connectivity index (χ0v) is 20.7. The van der Waals surface area contributed by atoms with Gasteiger partial charge >= 0.3 is 0 Å². The van der Waals surface area contributed by atoms with Gasteiger partial charge in [-0.1, -0.05) is 11.3 Å². The van der Waals surface area contributed by atoms with Crippen LogP contribution < -0.4 is 10.1 Å². The van der Waals surface area contributed by atoms with Gasteiger partial charge in [0, 0.05) is 25.2 Å². The van der Waals surface area contributed by atoms with E-state index in [-0.39, 0.29) is 30.8 Å². The number of fused-ring (bicyclic) bond motifs is 2. The molecule has 10 nitrogen and oxygen atoms in total. The van der Waals surface area contributed by atoms with Crippen molar-refractivity contribution in [1.82, 2.24) is 34.5 Å². The Labute approximate surface area is 214 Å². The molecule has 4 aromatic rings. The van der Waals surface area contributed by atoms with E-state index in [4.69, 9.17) is 9.47 Å². The van der Waals surface area contributed by atoms with Gasteiger partial charge in [-0.3, -0.25) is 4.90 Å². The number of nitrogens with one attached hydrogen (secondary N) is 1. The van der Waals surface area contributed by atoms with Crippen molar-refractivity contribution in [2.45, 2.75) is 43.8 Å². The molecule has 2 aliphatic rings. The SMILES string of the molecule is COc1nc(NC2CCN(C3COC3)CC2(F)F)nn2ccc(-c3ccc4nnn(CC(C)(F)F)c4c3)c12. The Morgan fingerprint density at radius 1 is 1.24 bits per heavy atom. The molecule has 6 rings (SSSR count). The van der Waals surface area contributed by atoms with Gasteiger partial charge in [-0.25, -0.2) is 26.8 Å². The highest BCUT2D eigenvalue weighted by Crippen LogP contribution is 2.35. The van der Waals surface area contributed by atoms with Crippen molar-refractivity contribution in [3.63, 3.8) is 0 Å². The highest BCUT2D eigenvalue weighted by Gasteiger charge is 2.47. The van der Waals surface area contributed by atoms with Crippen LogP contribution >= 0.6 is 0 Å². The first-order valence-corrected chi connectivity index (χ1v) is 12.2. The van der Waals surface area contributed by atoms with Crippen LogP contribution in [0.4, 0.5) is 23.5 Å². The van der Waals surface area contributed by atoms with Crippen molar-refractivity contribution >= 4 is 22.5 Å². The number of halogens is 4. The van der Waals surface area contributed by atoms with Crippen LogP contribution in [0.1, 0.15) is 13.3 Å². The monoisotopic (exact) mass is 534 g/mol. The van der Waals surface area contributed by atoms with Gasteiger partial charge in [0.2, 0.25) is 11.8 Å². The number of nitrogens with zero attached hydrogens (tertiary/aromatic N) is 7. The number of methoxy groups -OCH3 is 1. The summed E-state index contributed by atoms with van der Waals surface area (Å²) in [7, 11) is 1.43. The number of benzene rings is 1. The highest BCUT2D eigenvalue weighted by molar-refractivity contribution is 5.89. The quantitative estimate of drug-likeness (QED) is 0.361. The number of rotatable bonds is 7. The van der Waals surface area contributed by atoms with Gasteiger partial charge < -0.3 is 14.8 Å². The predicted octanol–water partition coefficient (Wildman–Crippen LogP) is 3.33. The number of hydrogen-bond acceptors (Lipinski definition) is 8. The van der Waals surface area contributed by atoms with E-state index in [0.29, 0.717) is 47.4 Å². The lowest BCUT2D eigenvalue weighted by atomic mass is 9.98. The van der Waals surface area contributed by atoms with Gasteiger partial charge in [-0.05, 0) is 30.2 Å². The largest absolute Gasteiger partial charge is 0.479 e. The highest BCUT2D eigenvalue weighted by atomic mass is 19.3. The maximum absolute atomic E-state index is 15.0. The Morgan fingerprint density at radius 2 is 2.05 bits per heavy atom. The molecule has 0 bridgehead atoms.